The Morgan fingerprint density at radius 3 is 2.81 bits per heavy atom. The van der Waals surface area contributed by atoms with E-state index in [1.165, 1.54) is 17.6 Å². The monoisotopic (exact) mass is 439 g/mol. The van der Waals surface area contributed by atoms with E-state index >= 15 is 0 Å². The van der Waals surface area contributed by atoms with Crippen molar-refractivity contribution in [2.75, 3.05) is 12.4 Å². The van der Waals surface area contributed by atoms with Gasteiger partial charge in [-0.2, -0.15) is 0 Å². The Morgan fingerprint density at radius 2 is 2.03 bits per heavy atom. The summed E-state index contributed by atoms with van der Waals surface area (Å²) in [5.41, 5.74) is 1.96. The van der Waals surface area contributed by atoms with Crippen LogP contribution in [0.1, 0.15) is 5.56 Å². The topological polar surface area (TPSA) is 134 Å². The highest BCUT2D eigenvalue weighted by molar-refractivity contribution is 7.22. The molecule has 0 aliphatic heterocycles. The number of ether oxygens (including phenoxy) is 1. The number of hydrogen-bond donors (Lipinski definition) is 4. The number of fused-ring (bicyclic) bond motifs is 2. The maximum atomic E-state index is 12.4. The van der Waals surface area contributed by atoms with Gasteiger partial charge in [0.05, 0.1) is 29.5 Å². The molecule has 11 heteroatoms. The highest BCUT2D eigenvalue weighted by Gasteiger charge is 2.29. The summed E-state index contributed by atoms with van der Waals surface area (Å²) in [6, 6.07) is 12.5. The summed E-state index contributed by atoms with van der Waals surface area (Å²) in [4.78, 5) is 28.9. The van der Waals surface area contributed by atoms with Crippen molar-refractivity contribution >= 4 is 56.6 Å². The first kappa shape index (κ1) is 20.9. The summed E-state index contributed by atoms with van der Waals surface area (Å²) in [5, 5.41) is 25.2. The quantitative estimate of drug-likeness (QED) is 0.266. The minimum absolute atomic E-state index is 0.0641. The number of benzene rings is 2. The molecule has 4 aromatic rings. The standard InChI is InChI=1S/C20H18BN3O6S/c1-29-12-6-7-14-16(9-12)31-20(22-14)24-19(26)18(25)23-17(21(27)28)8-11-10-30-15-5-3-2-4-13(11)15/h2-7,9-10,17,27-28H,8H2,1H3,(H,23,25)(H,22,24,26)/t17-/m0/s1. The number of furan rings is 1. The van der Waals surface area contributed by atoms with E-state index in [2.05, 4.69) is 15.6 Å². The van der Waals surface area contributed by atoms with Crippen LogP contribution in [0.5, 0.6) is 5.75 Å². The Morgan fingerprint density at radius 1 is 1.23 bits per heavy atom. The second-order valence-corrected chi connectivity index (χ2v) is 7.79. The average molecular weight is 439 g/mol. The fraction of sp³-hybridized carbons (Fsp3) is 0.150. The number of anilines is 1. The highest BCUT2D eigenvalue weighted by atomic mass is 32.1. The van der Waals surface area contributed by atoms with Gasteiger partial charge in [0.25, 0.3) is 0 Å². The van der Waals surface area contributed by atoms with Crippen LogP contribution < -0.4 is 15.4 Å². The van der Waals surface area contributed by atoms with Crippen LogP contribution in [0.2, 0.25) is 0 Å². The number of nitrogens with one attached hydrogen (secondary N) is 2. The molecule has 0 aliphatic carbocycles. The third-order valence-corrected chi connectivity index (χ3v) is 5.63. The molecule has 0 saturated heterocycles. The number of rotatable bonds is 6. The molecule has 0 radical (unpaired) electrons. The summed E-state index contributed by atoms with van der Waals surface area (Å²) >= 11 is 1.19. The Hall–Kier alpha value is -3.41. The van der Waals surface area contributed by atoms with Gasteiger partial charge in [-0.15, -0.1) is 0 Å². The normalized spacial score (nSPS) is 12.0. The second kappa shape index (κ2) is 8.76. The van der Waals surface area contributed by atoms with Crippen molar-refractivity contribution in [2.24, 2.45) is 0 Å². The third kappa shape index (κ3) is 4.53. The number of amides is 2. The number of para-hydroxylation sites is 1. The molecule has 0 aliphatic rings. The average Bonchev–Trinajstić information content (AvgIpc) is 3.35. The van der Waals surface area contributed by atoms with E-state index in [1.807, 2.05) is 18.2 Å². The number of methoxy groups -OCH3 is 1. The number of carbonyl (C=O) groups is 2. The summed E-state index contributed by atoms with van der Waals surface area (Å²) in [6.07, 6.45) is 1.55. The number of aromatic nitrogens is 1. The van der Waals surface area contributed by atoms with Gasteiger partial charge >= 0.3 is 18.9 Å². The first-order valence-electron chi connectivity index (χ1n) is 9.32. The van der Waals surface area contributed by atoms with Crippen LogP contribution in [0.15, 0.2) is 53.1 Å². The molecule has 4 N–H and O–H groups in total. The number of carbonyl (C=O) groups excluding carboxylic acids is 2. The van der Waals surface area contributed by atoms with Gasteiger partial charge in [0.2, 0.25) is 0 Å². The van der Waals surface area contributed by atoms with Crippen LogP contribution in [0.25, 0.3) is 21.2 Å². The summed E-state index contributed by atoms with van der Waals surface area (Å²) in [5.74, 6) is -2.44. The van der Waals surface area contributed by atoms with Crippen LogP contribution in [0.4, 0.5) is 5.13 Å². The van der Waals surface area contributed by atoms with Crippen LogP contribution >= 0.6 is 11.3 Å². The van der Waals surface area contributed by atoms with E-state index in [-0.39, 0.29) is 11.6 Å². The molecule has 0 bridgehead atoms. The molecule has 0 fully saturated rings. The second-order valence-electron chi connectivity index (χ2n) is 6.76. The number of nitrogens with zero attached hydrogens (tertiary/aromatic N) is 1. The van der Waals surface area contributed by atoms with Crippen molar-refractivity contribution in [3.05, 3.63) is 54.3 Å². The van der Waals surface area contributed by atoms with Gasteiger partial charge in [0, 0.05) is 5.39 Å². The lowest BCUT2D eigenvalue weighted by Gasteiger charge is -2.16. The SMILES string of the molecule is COc1ccc2nc(NC(=O)C(=O)N[C@@H](Cc3coc4ccccc34)B(O)O)sc2c1. The van der Waals surface area contributed by atoms with Crippen LogP contribution in [0.3, 0.4) is 0 Å². The Bertz CT molecular complexity index is 1250. The molecular formula is C20H18BN3O6S. The molecule has 2 aromatic heterocycles. The van der Waals surface area contributed by atoms with Gasteiger partial charge in [-0.25, -0.2) is 4.98 Å². The van der Waals surface area contributed by atoms with E-state index in [0.29, 0.717) is 22.4 Å². The molecule has 1 atom stereocenters. The van der Waals surface area contributed by atoms with Gasteiger partial charge in [-0.1, -0.05) is 29.5 Å². The van der Waals surface area contributed by atoms with Crippen molar-refractivity contribution in [1.82, 2.24) is 10.3 Å². The predicted octanol–water partition coefficient (Wildman–Crippen LogP) is 1.73. The van der Waals surface area contributed by atoms with Crippen molar-refractivity contribution in [2.45, 2.75) is 12.4 Å². The molecule has 158 valence electrons. The molecule has 9 nitrogen and oxygen atoms in total. The van der Waals surface area contributed by atoms with Crippen LogP contribution in [-0.2, 0) is 16.0 Å². The van der Waals surface area contributed by atoms with Gasteiger partial charge in [0.15, 0.2) is 5.13 Å². The third-order valence-electron chi connectivity index (χ3n) is 4.70. The Kier molecular flexibility index (Phi) is 5.89. The minimum Gasteiger partial charge on any atom is -0.497 e. The van der Waals surface area contributed by atoms with E-state index < -0.39 is 24.9 Å². The molecule has 2 heterocycles. The van der Waals surface area contributed by atoms with E-state index in [4.69, 9.17) is 9.15 Å². The van der Waals surface area contributed by atoms with Gasteiger partial charge in [-0.05, 0) is 36.2 Å². The fourth-order valence-electron chi connectivity index (χ4n) is 3.13. The predicted molar refractivity (Wildman–Crippen MR) is 117 cm³/mol. The fourth-order valence-corrected chi connectivity index (χ4v) is 4.02. The zero-order valence-electron chi connectivity index (χ0n) is 16.4. The zero-order valence-corrected chi connectivity index (χ0v) is 17.2. The summed E-state index contributed by atoms with van der Waals surface area (Å²) in [6.45, 7) is 0. The highest BCUT2D eigenvalue weighted by Crippen LogP contribution is 2.29. The molecule has 0 unspecified atom stereocenters. The molecule has 4 rings (SSSR count). The van der Waals surface area contributed by atoms with E-state index in [9.17, 15) is 19.6 Å². The lowest BCUT2D eigenvalue weighted by atomic mass is 9.76. The van der Waals surface area contributed by atoms with Crippen molar-refractivity contribution in [1.29, 1.82) is 0 Å². The van der Waals surface area contributed by atoms with Crippen molar-refractivity contribution in [3.63, 3.8) is 0 Å². The minimum atomic E-state index is -1.87. The Balaban J connectivity index is 1.44. The number of hydrogen-bond acceptors (Lipinski definition) is 8. The van der Waals surface area contributed by atoms with Gasteiger partial charge in [0.1, 0.15) is 11.3 Å². The molecular weight excluding hydrogens is 421 g/mol. The molecule has 31 heavy (non-hydrogen) atoms. The molecule has 0 spiro atoms. The molecule has 2 amide bonds. The molecule has 0 saturated carbocycles. The maximum Gasteiger partial charge on any atom is 0.475 e. The van der Waals surface area contributed by atoms with Crippen LogP contribution in [0, 0.1) is 0 Å². The van der Waals surface area contributed by atoms with Crippen molar-refractivity contribution in [3.8, 4) is 5.75 Å². The summed E-state index contributed by atoms with van der Waals surface area (Å²) < 4.78 is 11.4. The lowest BCUT2D eigenvalue weighted by Crippen LogP contribution is -2.51. The van der Waals surface area contributed by atoms with Gasteiger partial charge < -0.3 is 24.5 Å². The zero-order chi connectivity index (χ0) is 22.0. The summed E-state index contributed by atoms with van der Waals surface area (Å²) in [7, 11) is -0.326. The largest absolute Gasteiger partial charge is 0.497 e. The van der Waals surface area contributed by atoms with Crippen molar-refractivity contribution < 1.29 is 28.8 Å². The first-order chi connectivity index (χ1) is 14.9. The first-order valence-corrected chi connectivity index (χ1v) is 10.1. The van der Waals surface area contributed by atoms with Gasteiger partial charge in [-0.3, -0.25) is 14.9 Å². The number of thiazole rings is 1. The van der Waals surface area contributed by atoms with E-state index in [0.717, 1.165) is 10.1 Å². The smallest absolute Gasteiger partial charge is 0.475 e. The Labute approximate surface area is 180 Å². The maximum absolute atomic E-state index is 12.4. The van der Waals surface area contributed by atoms with E-state index in [1.54, 1.807) is 31.4 Å². The van der Waals surface area contributed by atoms with Crippen LogP contribution in [-0.4, -0.2) is 47.0 Å². The molecule has 2 aromatic carbocycles. The lowest BCUT2D eigenvalue weighted by molar-refractivity contribution is -0.136.